The van der Waals surface area contributed by atoms with Crippen LogP contribution in [-0.2, 0) is 18.4 Å². The zero-order valence-corrected chi connectivity index (χ0v) is 58.8. The molecule has 0 aliphatic carbocycles. The van der Waals surface area contributed by atoms with E-state index in [0.29, 0.717) is 23.9 Å². The Morgan fingerprint density at radius 1 is 0.357 bits per heavy atom. The van der Waals surface area contributed by atoms with Gasteiger partial charge >= 0.3 is 7.82 Å². The summed E-state index contributed by atoms with van der Waals surface area (Å²) in [4.78, 5) is 23.5. The average molecular weight is 1210 g/mol. The van der Waals surface area contributed by atoms with E-state index in [2.05, 4.69) is 19.2 Å². The van der Waals surface area contributed by atoms with E-state index in [1.54, 1.807) is 0 Å². The van der Waals surface area contributed by atoms with Crippen molar-refractivity contribution in [2.75, 3.05) is 40.9 Å². The van der Waals surface area contributed by atoms with E-state index in [1.807, 2.05) is 21.1 Å². The van der Waals surface area contributed by atoms with Gasteiger partial charge in [0.05, 0.1) is 39.9 Å². The molecule has 1 amide bonds. The first kappa shape index (κ1) is 83.5. The molecule has 0 aromatic rings. The predicted octanol–water partition coefficient (Wildman–Crippen LogP) is 24.7. The van der Waals surface area contributed by atoms with Crippen LogP contribution >= 0.6 is 7.82 Å². The minimum Gasteiger partial charge on any atom is -0.391 e. The molecule has 3 atom stereocenters. The molecule has 0 saturated heterocycles. The molecule has 3 N–H and O–H groups in total. The highest BCUT2D eigenvalue weighted by atomic mass is 31.2. The van der Waals surface area contributed by atoms with E-state index in [4.69, 9.17) is 9.05 Å². The van der Waals surface area contributed by atoms with Gasteiger partial charge < -0.3 is 19.8 Å². The third kappa shape index (κ3) is 69.0. The summed E-state index contributed by atoms with van der Waals surface area (Å²) >= 11 is 0. The summed E-state index contributed by atoms with van der Waals surface area (Å²) in [5.74, 6) is -0.132. The van der Waals surface area contributed by atoms with Gasteiger partial charge in [0, 0.05) is 6.42 Å². The maximum Gasteiger partial charge on any atom is 0.472 e. The quantitative estimate of drug-likeness (QED) is 0.0318. The molecule has 0 aromatic carbocycles. The smallest absolute Gasteiger partial charge is 0.391 e. The number of hydrogen-bond donors (Lipinski definition) is 3. The highest BCUT2D eigenvalue weighted by Gasteiger charge is 2.28. The lowest BCUT2D eigenvalue weighted by atomic mass is 10.0. The first-order chi connectivity index (χ1) is 41.0. The Morgan fingerprint density at radius 2 is 0.571 bits per heavy atom. The summed E-state index contributed by atoms with van der Waals surface area (Å²) < 4.78 is 23.9. The molecule has 0 heterocycles. The van der Waals surface area contributed by atoms with Gasteiger partial charge in [0.1, 0.15) is 13.2 Å². The average Bonchev–Trinajstić information content (AvgIpc) is 3.56. The molecule has 0 radical (unpaired) electrons. The lowest BCUT2D eigenvalue weighted by molar-refractivity contribution is -0.870. The highest BCUT2D eigenvalue weighted by molar-refractivity contribution is 7.47. The standard InChI is InChI=1S/C75H153N2O6P/c1-6-8-10-12-14-16-18-20-22-24-26-28-30-32-33-34-35-36-37-38-39-40-41-42-43-45-47-49-51-53-55-57-59-61-63-65-67-69-75(79)76-73(72-83-84(80,81)82-71-70-77(3,4)5)74(78)68-66-64-62-60-58-56-54-52-50-48-46-44-31-29-27-25-23-21-19-17-15-13-11-9-7-2/h73-74,78H,6-72H2,1-5H3,(H-,76,79,80,81)/p+1. The molecular weight excluding hydrogens is 1060 g/mol. The first-order valence-corrected chi connectivity index (χ1v) is 39.9. The monoisotopic (exact) mass is 1210 g/mol. The van der Waals surface area contributed by atoms with Crippen LogP contribution in [0.1, 0.15) is 425 Å². The molecule has 9 heteroatoms. The molecule has 8 nitrogen and oxygen atoms in total. The van der Waals surface area contributed by atoms with E-state index >= 15 is 0 Å². The molecule has 0 aromatic heterocycles. The lowest BCUT2D eigenvalue weighted by Gasteiger charge is -2.26. The van der Waals surface area contributed by atoms with E-state index in [-0.39, 0.29) is 19.1 Å². The molecule has 0 aliphatic heterocycles. The summed E-state index contributed by atoms with van der Waals surface area (Å²) in [6, 6.07) is -0.757. The molecule has 504 valence electrons. The fourth-order valence-corrected chi connectivity index (χ4v) is 13.1. The number of carbonyl (C=O) groups excluding carboxylic acids is 1. The minimum absolute atomic E-state index is 0.0796. The van der Waals surface area contributed by atoms with Gasteiger partial charge in [0.2, 0.25) is 5.91 Å². The Bertz CT molecular complexity index is 1330. The number of aliphatic hydroxyl groups is 1. The number of carbonyl (C=O) groups is 1. The number of unbranched alkanes of at least 4 members (excludes halogenated alkanes) is 60. The molecule has 0 aliphatic rings. The number of nitrogens with one attached hydrogen (secondary N) is 1. The maximum absolute atomic E-state index is 13.1. The molecule has 0 rings (SSSR count). The van der Waals surface area contributed by atoms with Crippen molar-refractivity contribution in [2.45, 2.75) is 437 Å². The lowest BCUT2D eigenvalue weighted by Crippen LogP contribution is -2.46. The largest absolute Gasteiger partial charge is 0.472 e. The summed E-state index contributed by atoms with van der Waals surface area (Å²) in [7, 11) is 1.64. The normalized spacial score (nSPS) is 13.5. The van der Waals surface area contributed by atoms with E-state index in [0.717, 1.165) is 38.5 Å². The van der Waals surface area contributed by atoms with E-state index < -0.39 is 20.0 Å². The van der Waals surface area contributed by atoms with Crippen molar-refractivity contribution in [2.24, 2.45) is 0 Å². The van der Waals surface area contributed by atoms with Crippen molar-refractivity contribution < 1.29 is 32.9 Å². The van der Waals surface area contributed by atoms with Crippen molar-refractivity contribution >= 4 is 13.7 Å². The van der Waals surface area contributed by atoms with Crippen LogP contribution < -0.4 is 5.32 Å². The van der Waals surface area contributed by atoms with Crippen molar-refractivity contribution in [3.05, 3.63) is 0 Å². The van der Waals surface area contributed by atoms with E-state index in [9.17, 15) is 19.4 Å². The third-order valence-electron chi connectivity index (χ3n) is 18.4. The second-order valence-corrected chi connectivity index (χ2v) is 29.6. The number of amides is 1. The first-order valence-electron chi connectivity index (χ1n) is 38.4. The number of phosphoric ester groups is 1. The summed E-state index contributed by atoms with van der Waals surface area (Å²) in [5, 5.41) is 14.2. The van der Waals surface area contributed by atoms with Crippen LogP contribution in [-0.4, -0.2) is 73.4 Å². The topological polar surface area (TPSA) is 105 Å². The molecule has 3 unspecified atom stereocenters. The summed E-state index contributed by atoms with van der Waals surface area (Å²) in [6.07, 6.45) is 85.3. The summed E-state index contributed by atoms with van der Waals surface area (Å²) in [6.45, 7) is 4.97. The zero-order valence-electron chi connectivity index (χ0n) is 58.0. The second kappa shape index (κ2) is 66.9. The van der Waals surface area contributed by atoms with Gasteiger partial charge in [0.15, 0.2) is 0 Å². The fourth-order valence-electron chi connectivity index (χ4n) is 12.4. The van der Waals surface area contributed by atoms with E-state index in [1.165, 1.54) is 360 Å². The van der Waals surface area contributed by atoms with Crippen molar-refractivity contribution in [3.8, 4) is 0 Å². The molecule has 0 spiro atoms. The molecule has 0 saturated carbocycles. The third-order valence-corrected chi connectivity index (χ3v) is 19.3. The van der Waals surface area contributed by atoms with Crippen LogP contribution in [0.15, 0.2) is 0 Å². The number of nitrogens with zero attached hydrogens (tertiary/aromatic N) is 1. The maximum atomic E-state index is 13.1. The van der Waals surface area contributed by atoms with Crippen molar-refractivity contribution in [1.29, 1.82) is 0 Å². The molecule has 84 heavy (non-hydrogen) atoms. The van der Waals surface area contributed by atoms with Crippen LogP contribution in [0, 0.1) is 0 Å². The molecule has 0 bridgehead atoms. The Hall–Kier alpha value is -0.500. The number of likely N-dealkylation sites (N-methyl/N-ethyl adjacent to an activating group) is 1. The Balaban J connectivity index is 3.89. The van der Waals surface area contributed by atoms with Crippen LogP contribution in [0.5, 0.6) is 0 Å². The van der Waals surface area contributed by atoms with Gasteiger partial charge in [-0.15, -0.1) is 0 Å². The number of hydrogen-bond acceptors (Lipinski definition) is 5. The summed E-state index contributed by atoms with van der Waals surface area (Å²) in [5.41, 5.74) is 0. The van der Waals surface area contributed by atoms with Gasteiger partial charge in [-0.3, -0.25) is 13.8 Å². The van der Waals surface area contributed by atoms with Gasteiger partial charge in [-0.1, -0.05) is 406 Å². The number of aliphatic hydroxyl groups excluding tert-OH is 1. The Kier molecular flexibility index (Phi) is 66.5. The van der Waals surface area contributed by atoms with Crippen LogP contribution in [0.25, 0.3) is 0 Å². The number of rotatable bonds is 73. The Labute approximate surface area is 527 Å². The van der Waals surface area contributed by atoms with Gasteiger partial charge in [-0.25, -0.2) is 4.57 Å². The second-order valence-electron chi connectivity index (χ2n) is 28.1. The zero-order chi connectivity index (χ0) is 61.2. The Morgan fingerprint density at radius 3 is 0.798 bits per heavy atom. The number of quaternary nitrogens is 1. The van der Waals surface area contributed by atoms with Crippen molar-refractivity contribution in [3.63, 3.8) is 0 Å². The predicted molar refractivity (Wildman–Crippen MR) is 369 cm³/mol. The number of phosphoric acid groups is 1. The molecular formula is C75H154N2O6P+. The van der Waals surface area contributed by atoms with Crippen LogP contribution in [0.3, 0.4) is 0 Å². The SMILES string of the molecule is CCCCCCCCCCCCCCCCCCCCCCCCCCCCCCCCCCCCCCCC(=O)NC(COP(=O)(O)OCC[N+](C)(C)C)C(O)CCCCCCCCCCCCCCCCCCCCCCCCCCC. The van der Waals surface area contributed by atoms with Crippen LogP contribution in [0.4, 0.5) is 0 Å². The fraction of sp³-hybridized carbons (Fsp3) is 0.987. The van der Waals surface area contributed by atoms with Crippen molar-refractivity contribution in [1.82, 2.24) is 5.32 Å². The highest BCUT2D eigenvalue weighted by Crippen LogP contribution is 2.43. The van der Waals surface area contributed by atoms with Crippen LogP contribution in [0.2, 0.25) is 0 Å². The van der Waals surface area contributed by atoms with Gasteiger partial charge in [-0.05, 0) is 12.8 Å². The van der Waals surface area contributed by atoms with Gasteiger partial charge in [-0.2, -0.15) is 0 Å². The van der Waals surface area contributed by atoms with Gasteiger partial charge in [0.25, 0.3) is 0 Å². The molecule has 0 fully saturated rings. The minimum atomic E-state index is -4.33.